The molecule has 0 saturated carbocycles. The highest BCUT2D eigenvalue weighted by atomic mass is 16.3. The Bertz CT molecular complexity index is 3100. The van der Waals surface area contributed by atoms with Crippen LogP contribution in [0.3, 0.4) is 0 Å². The van der Waals surface area contributed by atoms with Gasteiger partial charge in [-0.1, -0.05) is 103 Å². The molecule has 0 aliphatic heterocycles. The first kappa shape index (κ1) is 26.5. The first-order valence-electron chi connectivity index (χ1n) is 16.8. The van der Waals surface area contributed by atoms with E-state index in [-0.39, 0.29) is 0 Å². The van der Waals surface area contributed by atoms with E-state index in [0.29, 0.717) is 0 Å². The monoisotopic (exact) mass is 624 g/mol. The van der Waals surface area contributed by atoms with Crippen LogP contribution in [0.4, 0.5) is 0 Å². The molecule has 0 atom stereocenters. The van der Waals surface area contributed by atoms with Crippen LogP contribution in [0.2, 0.25) is 0 Å². The second-order valence-electron chi connectivity index (χ2n) is 13.0. The molecule has 49 heavy (non-hydrogen) atoms. The molecule has 3 heterocycles. The summed E-state index contributed by atoms with van der Waals surface area (Å²) in [4.78, 5) is 0. The summed E-state index contributed by atoms with van der Waals surface area (Å²) < 4.78 is 11.0. The van der Waals surface area contributed by atoms with Crippen LogP contribution in [0.1, 0.15) is 0 Å². The summed E-state index contributed by atoms with van der Waals surface area (Å²) in [6.45, 7) is 0. The van der Waals surface area contributed by atoms with Gasteiger partial charge in [-0.05, 0) is 88.6 Å². The van der Waals surface area contributed by atoms with Crippen LogP contribution in [-0.4, -0.2) is 9.13 Å². The summed E-state index contributed by atoms with van der Waals surface area (Å²) in [6.07, 6.45) is 0. The van der Waals surface area contributed by atoms with Gasteiger partial charge in [0.15, 0.2) is 0 Å². The van der Waals surface area contributed by atoms with Crippen LogP contribution in [-0.2, 0) is 0 Å². The largest absolute Gasteiger partial charge is 0.456 e. The van der Waals surface area contributed by atoms with Gasteiger partial charge in [0.05, 0.1) is 22.1 Å². The van der Waals surface area contributed by atoms with Crippen molar-refractivity contribution >= 4 is 76.3 Å². The fraction of sp³-hybridized carbons (Fsp3) is 0. The molecule has 3 nitrogen and oxygen atoms in total. The third kappa shape index (κ3) is 3.78. The van der Waals surface area contributed by atoms with Crippen molar-refractivity contribution < 1.29 is 4.42 Å². The van der Waals surface area contributed by atoms with Crippen molar-refractivity contribution in [3.63, 3.8) is 0 Å². The topological polar surface area (TPSA) is 23.0 Å². The summed E-state index contributed by atoms with van der Waals surface area (Å²) in [5.41, 5.74) is 11.2. The fourth-order valence-electron chi connectivity index (χ4n) is 8.11. The summed E-state index contributed by atoms with van der Waals surface area (Å²) in [7, 11) is 0. The van der Waals surface area contributed by atoms with E-state index in [9.17, 15) is 0 Å². The zero-order valence-corrected chi connectivity index (χ0v) is 26.5. The summed E-state index contributed by atoms with van der Waals surface area (Å²) in [5.74, 6) is 0. The van der Waals surface area contributed by atoms with Crippen LogP contribution in [0, 0.1) is 0 Å². The number of para-hydroxylation sites is 3. The molecule has 11 aromatic rings. The van der Waals surface area contributed by atoms with Gasteiger partial charge in [0.1, 0.15) is 11.2 Å². The lowest BCUT2D eigenvalue weighted by atomic mass is 10.0. The second kappa shape index (κ2) is 9.96. The lowest BCUT2D eigenvalue weighted by molar-refractivity contribution is 0.669. The minimum Gasteiger partial charge on any atom is -0.456 e. The molecule has 0 aliphatic rings. The van der Waals surface area contributed by atoms with E-state index in [1.807, 2.05) is 12.1 Å². The number of hydrogen-bond donors (Lipinski definition) is 0. The highest BCUT2D eigenvalue weighted by molar-refractivity contribution is 6.25. The highest BCUT2D eigenvalue weighted by Crippen LogP contribution is 2.42. The van der Waals surface area contributed by atoms with Gasteiger partial charge < -0.3 is 13.6 Å². The third-order valence-corrected chi connectivity index (χ3v) is 10.3. The first-order valence-corrected chi connectivity index (χ1v) is 16.8. The van der Waals surface area contributed by atoms with E-state index in [2.05, 4.69) is 167 Å². The number of rotatable bonds is 3. The van der Waals surface area contributed by atoms with Crippen LogP contribution in [0.15, 0.2) is 174 Å². The molecule has 0 radical (unpaired) electrons. The van der Waals surface area contributed by atoms with Crippen molar-refractivity contribution in [1.29, 1.82) is 0 Å². The molecule has 228 valence electrons. The van der Waals surface area contributed by atoms with Gasteiger partial charge in [-0.15, -0.1) is 0 Å². The number of fused-ring (bicyclic) bond motifs is 11. The smallest absolute Gasteiger partial charge is 0.135 e. The zero-order chi connectivity index (χ0) is 32.1. The van der Waals surface area contributed by atoms with Gasteiger partial charge in [0, 0.05) is 43.7 Å². The van der Waals surface area contributed by atoms with E-state index in [1.165, 1.54) is 65.5 Å². The van der Waals surface area contributed by atoms with Crippen LogP contribution in [0.5, 0.6) is 0 Å². The molecule has 0 saturated heterocycles. The maximum atomic E-state index is 6.14. The molecule has 0 unspecified atom stereocenters. The maximum absolute atomic E-state index is 6.14. The number of nitrogens with zero attached hydrogens (tertiary/aromatic N) is 2. The van der Waals surface area contributed by atoms with Crippen LogP contribution >= 0.6 is 0 Å². The molecular weight excluding hydrogens is 597 g/mol. The molecule has 3 heteroatoms. The predicted molar refractivity (Wildman–Crippen MR) is 205 cm³/mol. The Labute approximate surface area is 281 Å². The number of furan rings is 1. The molecule has 0 N–H and O–H groups in total. The highest BCUT2D eigenvalue weighted by Gasteiger charge is 2.20. The van der Waals surface area contributed by atoms with Gasteiger partial charge in [-0.2, -0.15) is 0 Å². The molecule has 0 amide bonds. The van der Waals surface area contributed by atoms with Gasteiger partial charge in [-0.25, -0.2) is 0 Å². The Morgan fingerprint density at radius 1 is 0.327 bits per heavy atom. The zero-order valence-electron chi connectivity index (χ0n) is 26.5. The number of aromatic nitrogens is 2. The minimum absolute atomic E-state index is 0.911. The predicted octanol–water partition coefficient (Wildman–Crippen LogP) is 12.6. The lowest BCUT2D eigenvalue weighted by Crippen LogP contribution is -1.96. The van der Waals surface area contributed by atoms with E-state index in [0.717, 1.165) is 33.3 Å². The molecule has 11 rings (SSSR count). The molecule has 0 spiro atoms. The van der Waals surface area contributed by atoms with Crippen molar-refractivity contribution in [2.75, 3.05) is 0 Å². The molecule has 0 fully saturated rings. The van der Waals surface area contributed by atoms with Gasteiger partial charge in [-0.3, -0.25) is 0 Å². The average Bonchev–Trinajstić information content (AvgIpc) is 3.81. The fourth-order valence-corrected chi connectivity index (χ4v) is 8.11. The van der Waals surface area contributed by atoms with Crippen molar-refractivity contribution in [3.8, 4) is 22.5 Å². The quantitative estimate of drug-likeness (QED) is 0.192. The van der Waals surface area contributed by atoms with Gasteiger partial charge in [0.25, 0.3) is 0 Å². The Kier molecular flexibility index (Phi) is 5.38. The molecule has 3 aromatic heterocycles. The Hall–Kier alpha value is -6.58. The molecule has 0 bridgehead atoms. The van der Waals surface area contributed by atoms with Gasteiger partial charge in [0.2, 0.25) is 0 Å². The van der Waals surface area contributed by atoms with Crippen LogP contribution in [0.25, 0.3) is 98.8 Å². The molecule has 8 aromatic carbocycles. The normalized spacial score (nSPS) is 12.1. The molecular formula is C46H28N2O. The number of hydrogen-bond acceptors (Lipinski definition) is 1. The molecule has 0 aliphatic carbocycles. The van der Waals surface area contributed by atoms with E-state index >= 15 is 0 Å². The number of benzene rings is 8. The Morgan fingerprint density at radius 3 is 1.94 bits per heavy atom. The van der Waals surface area contributed by atoms with E-state index in [1.54, 1.807) is 0 Å². The van der Waals surface area contributed by atoms with Crippen molar-refractivity contribution in [2.24, 2.45) is 0 Å². The van der Waals surface area contributed by atoms with Crippen molar-refractivity contribution in [1.82, 2.24) is 9.13 Å². The third-order valence-electron chi connectivity index (χ3n) is 10.3. The lowest BCUT2D eigenvalue weighted by Gasteiger charge is -2.11. The Balaban J connectivity index is 1.21. The minimum atomic E-state index is 0.911. The summed E-state index contributed by atoms with van der Waals surface area (Å²) in [5, 5.41) is 9.86. The summed E-state index contributed by atoms with van der Waals surface area (Å²) >= 11 is 0. The Morgan fingerprint density at radius 2 is 1.02 bits per heavy atom. The first-order chi connectivity index (χ1) is 24.3. The van der Waals surface area contributed by atoms with Crippen molar-refractivity contribution in [2.45, 2.75) is 0 Å². The standard InChI is InChI=1S/C46H28N2O/c1-2-13-32(14-3-1)47-41-23-21-29-11-4-5-16-34(29)46(41)39-27-37-35-17-6-8-19-40(35)48(42(37)28-43(39)47)33-15-10-12-30(25-33)31-22-24-45-38(26-31)36-18-7-9-20-44(36)49-45/h1-28H. The SMILES string of the molecule is c1ccc(-n2c3cc4c(cc3c3c5ccccc5ccc32)c2ccccc2n4-c2cccc(-c3ccc4oc5ccccc5c4c3)c2)cc1. The summed E-state index contributed by atoms with van der Waals surface area (Å²) in [6, 6.07) is 61.4. The van der Waals surface area contributed by atoms with Crippen LogP contribution < -0.4 is 0 Å². The van der Waals surface area contributed by atoms with E-state index in [4.69, 9.17) is 4.42 Å². The van der Waals surface area contributed by atoms with E-state index < -0.39 is 0 Å². The average molecular weight is 625 g/mol. The van der Waals surface area contributed by atoms with Gasteiger partial charge >= 0.3 is 0 Å². The maximum Gasteiger partial charge on any atom is 0.135 e. The second-order valence-corrected chi connectivity index (χ2v) is 13.0. The van der Waals surface area contributed by atoms with Crippen molar-refractivity contribution in [3.05, 3.63) is 170 Å².